The van der Waals surface area contributed by atoms with Gasteiger partial charge in [0.1, 0.15) is 11.7 Å². The molecule has 4 aromatic rings. The highest BCUT2D eigenvalue weighted by molar-refractivity contribution is 6.31. The maximum atomic E-state index is 13.7. The summed E-state index contributed by atoms with van der Waals surface area (Å²) in [6.45, 7) is 0.181. The molecule has 2 N–H and O–H groups in total. The van der Waals surface area contributed by atoms with Gasteiger partial charge in [-0.2, -0.15) is 0 Å². The van der Waals surface area contributed by atoms with E-state index in [1.807, 2.05) is 24.3 Å². The molecule has 8 nitrogen and oxygen atoms in total. The standard InChI is InChI=1S/C28H22ClN5O3/c29-19-9-12-22-24(15-19)33-27(36)25(16-21-5-1-3-13-30-21)34(28(22)37)17-18-7-10-20(11-8-18)32-26(35)23-6-2-4-14-31-23/h1-15,25H,16-17H2,(H,32,35)(H,33,36)/t25-/m1/s1. The van der Waals surface area contributed by atoms with Crippen molar-refractivity contribution in [2.24, 2.45) is 0 Å². The van der Waals surface area contributed by atoms with Crippen LogP contribution in [0, 0.1) is 0 Å². The van der Waals surface area contributed by atoms with E-state index in [1.165, 1.54) is 0 Å². The van der Waals surface area contributed by atoms with Crippen molar-refractivity contribution in [1.82, 2.24) is 14.9 Å². The minimum Gasteiger partial charge on any atom is -0.323 e. The Morgan fingerprint density at radius 1 is 0.946 bits per heavy atom. The average molecular weight is 512 g/mol. The molecule has 0 fully saturated rings. The van der Waals surface area contributed by atoms with Gasteiger partial charge in [0.05, 0.1) is 11.3 Å². The minimum absolute atomic E-state index is 0.181. The summed E-state index contributed by atoms with van der Waals surface area (Å²) in [5.41, 5.74) is 3.12. The van der Waals surface area contributed by atoms with Crippen LogP contribution in [-0.4, -0.2) is 38.6 Å². The lowest BCUT2D eigenvalue weighted by Gasteiger charge is -2.28. The lowest BCUT2D eigenvalue weighted by molar-refractivity contribution is -0.120. The molecular weight excluding hydrogens is 490 g/mol. The topological polar surface area (TPSA) is 104 Å². The second kappa shape index (κ2) is 10.6. The summed E-state index contributed by atoms with van der Waals surface area (Å²) in [5, 5.41) is 6.09. The summed E-state index contributed by atoms with van der Waals surface area (Å²) < 4.78 is 0. The molecule has 1 aliphatic heterocycles. The van der Waals surface area contributed by atoms with Crippen molar-refractivity contribution in [3.8, 4) is 0 Å². The summed E-state index contributed by atoms with van der Waals surface area (Å²) in [6, 6.07) is 21.7. The Labute approximate surface area is 218 Å². The monoisotopic (exact) mass is 511 g/mol. The molecule has 3 heterocycles. The largest absolute Gasteiger partial charge is 0.323 e. The number of amides is 3. The van der Waals surface area contributed by atoms with E-state index in [2.05, 4.69) is 20.6 Å². The van der Waals surface area contributed by atoms with Gasteiger partial charge < -0.3 is 15.5 Å². The molecule has 0 saturated carbocycles. The Kier molecular flexibility index (Phi) is 6.91. The second-order valence-electron chi connectivity index (χ2n) is 8.52. The summed E-state index contributed by atoms with van der Waals surface area (Å²) in [4.78, 5) is 49.3. The first-order valence-electron chi connectivity index (χ1n) is 11.6. The van der Waals surface area contributed by atoms with Crippen LogP contribution < -0.4 is 10.6 Å². The Bertz CT molecular complexity index is 1450. The molecule has 1 aliphatic rings. The van der Waals surface area contributed by atoms with Gasteiger partial charge in [-0.05, 0) is 60.2 Å². The molecule has 3 amide bonds. The van der Waals surface area contributed by atoms with Gasteiger partial charge in [-0.1, -0.05) is 35.9 Å². The average Bonchev–Trinajstić information content (AvgIpc) is 3.00. The van der Waals surface area contributed by atoms with Crippen molar-refractivity contribution >= 4 is 40.7 Å². The molecule has 0 spiro atoms. The third-order valence-electron chi connectivity index (χ3n) is 6.00. The third-order valence-corrected chi connectivity index (χ3v) is 6.24. The minimum atomic E-state index is -0.794. The Hall–Kier alpha value is -4.56. The summed E-state index contributed by atoms with van der Waals surface area (Å²) in [5.74, 6) is -0.934. The fourth-order valence-corrected chi connectivity index (χ4v) is 4.32. The van der Waals surface area contributed by atoms with Gasteiger partial charge in [-0.3, -0.25) is 24.4 Å². The summed E-state index contributed by atoms with van der Waals surface area (Å²) in [6.07, 6.45) is 3.46. The van der Waals surface area contributed by atoms with Crippen LogP contribution in [0.2, 0.25) is 5.02 Å². The predicted octanol–water partition coefficient (Wildman–Crippen LogP) is 4.59. The highest BCUT2D eigenvalue weighted by atomic mass is 35.5. The van der Waals surface area contributed by atoms with Crippen molar-refractivity contribution in [3.63, 3.8) is 0 Å². The highest BCUT2D eigenvalue weighted by Gasteiger charge is 2.35. The first-order valence-corrected chi connectivity index (χ1v) is 12.0. The van der Waals surface area contributed by atoms with Crippen LogP contribution in [-0.2, 0) is 17.8 Å². The molecule has 9 heteroatoms. The molecule has 0 radical (unpaired) electrons. The molecule has 184 valence electrons. The highest BCUT2D eigenvalue weighted by Crippen LogP contribution is 2.29. The molecule has 0 saturated heterocycles. The Morgan fingerprint density at radius 3 is 2.41 bits per heavy atom. The van der Waals surface area contributed by atoms with E-state index < -0.39 is 6.04 Å². The zero-order chi connectivity index (χ0) is 25.8. The van der Waals surface area contributed by atoms with E-state index in [0.29, 0.717) is 33.3 Å². The molecule has 5 rings (SSSR count). The molecule has 2 aromatic carbocycles. The Balaban J connectivity index is 1.41. The van der Waals surface area contributed by atoms with Crippen molar-refractivity contribution in [3.05, 3.63) is 119 Å². The van der Waals surface area contributed by atoms with E-state index >= 15 is 0 Å². The van der Waals surface area contributed by atoms with Gasteiger partial charge in [0.25, 0.3) is 11.8 Å². The number of anilines is 2. The first kappa shape index (κ1) is 24.1. The normalized spacial score (nSPS) is 14.9. The Morgan fingerprint density at radius 2 is 1.70 bits per heavy atom. The number of hydrogen-bond donors (Lipinski definition) is 2. The van der Waals surface area contributed by atoms with Crippen LogP contribution in [0.4, 0.5) is 11.4 Å². The number of benzene rings is 2. The smallest absolute Gasteiger partial charge is 0.274 e. The zero-order valence-electron chi connectivity index (χ0n) is 19.6. The fourth-order valence-electron chi connectivity index (χ4n) is 4.14. The number of nitrogens with one attached hydrogen (secondary N) is 2. The fraction of sp³-hybridized carbons (Fsp3) is 0.107. The molecular formula is C28H22ClN5O3. The van der Waals surface area contributed by atoms with Crippen LogP contribution in [0.1, 0.15) is 32.1 Å². The number of carbonyl (C=O) groups is 3. The van der Waals surface area contributed by atoms with E-state index in [4.69, 9.17) is 11.6 Å². The number of aromatic nitrogens is 2. The van der Waals surface area contributed by atoms with Crippen LogP contribution in [0.15, 0.2) is 91.3 Å². The molecule has 0 bridgehead atoms. The number of nitrogens with zero attached hydrogens (tertiary/aromatic N) is 3. The van der Waals surface area contributed by atoms with Crippen molar-refractivity contribution < 1.29 is 14.4 Å². The van der Waals surface area contributed by atoms with Crippen LogP contribution in [0.3, 0.4) is 0 Å². The van der Waals surface area contributed by atoms with E-state index in [-0.39, 0.29) is 30.7 Å². The van der Waals surface area contributed by atoms with Crippen LogP contribution in [0.5, 0.6) is 0 Å². The van der Waals surface area contributed by atoms with Gasteiger partial charge in [0.15, 0.2) is 0 Å². The van der Waals surface area contributed by atoms with Crippen molar-refractivity contribution in [2.75, 3.05) is 10.6 Å². The number of fused-ring (bicyclic) bond motifs is 1. The van der Waals surface area contributed by atoms with Crippen LogP contribution in [0.25, 0.3) is 0 Å². The van der Waals surface area contributed by atoms with Crippen molar-refractivity contribution in [1.29, 1.82) is 0 Å². The molecule has 2 aromatic heterocycles. The first-order chi connectivity index (χ1) is 18.0. The summed E-state index contributed by atoms with van der Waals surface area (Å²) >= 11 is 6.13. The molecule has 0 aliphatic carbocycles. The van der Waals surface area contributed by atoms with E-state index in [1.54, 1.807) is 71.9 Å². The maximum Gasteiger partial charge on any atom is 0.274 e. The summed E-state index contributed by atoms with van der Waals surface area (Å²) in [7, 11) is 0. The van der Waals surface area contributed by atoms with E-state index in [0.717, 1.165) is 5.56 Å². The predicted molar refractivity (Wildman–Crippen MR) is 140 cm³/mol. The van der Waals surface area contributed by atoms with Gasteiger partial charge >= 0.3 is 0 Å². The molecule has 37 heavy (non-hydrogen) atoms. The SMILES string of the molecule is O=C(Nc1ccc(CN2C(=O)c3ccc(Cl)cc3NC(=O)[C@H]2Cc2ccccn2)cc1)c1ccccn1. The molecule has 1 atom stereocenters. The third kappa shape index (κ3) is 5.49. The van der Waals surface area contributed by atoms with Gasteiger partial charge in [-0.25, -0.2) is 0 Å². The van der Waals surface area contributed by atoms with Gasteiger partial charge in [0, 0.05) is 41.8 Å². The lowest BCUT2D eigenvalue weighted by Crippen LogP contribution is -2.46. The van der Waals surface area contributed by atoms with E-state index in [9.17, 15) is 14.4 Å². The van der Waals surface area contributed by atoms with Gasteiger partial charge in [0.2, 0.25) is 5.91 Å². The number of hydrogen-bond acceptors (Lipinski definition) is 5. The number of carbonyl (C=O) groups excluding carboxylic acids is 3. The zero-order valence-corrected chi connectivity index (χ0v) is 20.4. The quantitative estimate of drug-likeness (QED) is 0.394. The molecule has 0 unspecified atom stereocenters. The second-order valence-corrected chi connectivity index (χ2v) is 8.96. The maximum absolute atomic E-state index is 13.7. The van der Waals surface area contributed by atoms with Crippen LogP contribution >= 0.6 is 11.6 Å². The number of pyridine rings is 2. The lowest BCUT2D eigenvalue weighted by atomic mass is 10.1. The number of rotatable bonds is 6. The number of halogens is 1. The van der Waals surface area contributed by atoms with Gasteiger partial charge in [-0.15, -0.1) is 0 Å². The van der Waals surface area contributed by atoms with Crippen molar-refractivity contribution in [2.45, 2.75) is 19.0 Å².